The lowest BCUT2D eigenvalue weighted by Gasteiger charge is -2.36. The van der Waals surface area contributed by atoms with Crippen LogP contribution in [0.1, 0.15) is 17.0 Å². The third kappa shape index (κ3) is 4.05. The Morgan fingerprint density at radius 2 is 1.50 bits per heavy atom. The lowest BCUT2D eigenvalue weighted by Crippen LogP contribution is -2.46. The van der Waals surface area contributed by atoms with Crippen LogP contribution in [-0.2, 0) is 27.2 Å². The Morgan fingerprint density at radius 3 is 2.18 bits per heavy atom. The summed E-state index contributed by atoms with van der Waals surface area (Å²) in [4.78, 5) is 35.3. The van der Waals surface area contributed by atoms with Crippen molar-refractivity contribution < 1.29 is 0 Å². The van der Waals surface area contributed by atoms with Crippen LogP contribution in [-0.4, -0.2) is 49.8 Å². The molecule has 0 saturated carbocycles. The van der Waals surface area contributed by atoms with Gasteiger partial charge in [-0.3, -0.25) is 18.8 Å². The average Bonchev–Trinajstić information content (AvgIpc) is 3.21. The van der Waals surface area contributed by atoms with E-state index in [0.29, 0.717) is 24.3 Å². The Labute approximate surface area is 198 Å². The number of anilines is 1. The highest BCUT2D eigenvalue weighted by atomic mass is 16.2. The molecule has 0 unspecified atom stereocenters. The topological polar surface area (TPSA) is 68.3 Å². The smallest absolute Gasteiger partial charge is 0.332 e. The monoisotopic (exact) mass is 458 g/mol. The summed E-state index contributed by atoms with van der Waals surface area (Å²) in [5.41, 5.74) is 3.77. The number of aryl methyl sites for hydroxylation is 2. The zero-order valence-electron chi connectivity index (χ0n) is 19.9. The van der Waals surface area contributed by atoms with Crippen LogP contribution in [0, 0.1) is 6.92 Å². The maximum absolute atomic E-state index is 13.1. The molecule has 0 bridgehead atoms. The third-order valence-corrected chi connectivity index (χ3v) is 6.75. The highest BCUT2D eigenvalue weighted by molar-refractivity contribution is 5.71. The van der Waals surface area contributed by atoms with E-state index in [4.69, 9.17) is 4.98 Å². The van der Waals surface area contributed by atoms with E-state index in [1.807, 2.05) is 10.6 Å². The van der Waals surface area contributed by atoms with Gasteiger partial charge in [-0.15, -0.1) is 0 Å². The van der Waals surface area contributed by atoms with Crippen LogP contribution in [0.4, 0.5) is 5.69 Å². The molecule has 0 radical (unpaired) electrons. The second-order valence-corrected chi connectivity index (χ2v) is 9.08. The molecule has 1 aliphatic rings. The lowest BCUT2D eigenvalue weighted by molar-refractivity contribution is 0.241. The van der Waals surface area contributed by atoms with Gasteiger partial charge in [0.25, 0.3) is 5.56 Å². The number of imidazole rings is 1. The molecule has 0 atom stereocenters. The molecule has 2 aromatic heterocycles. The number of hydrogen-bond donors (Lipinski definition) is 0. The lowest BCUT2D eigenvalue weighted by atomic mass is 10.1. The van der Waals surface area contributed by atoms with Gasteiger partial charge in [-0.2, -0.15) is 0 Å². The van der Waals surface area contributed by atoms with E-state index in [1.54, 1.807) is 7.05 Å². The molecule has 1 saturated heterocycles. The second kappa shape index (κ2) is 8.95. The van der Waals surface area contributed by atoms with Crippen molar-refractivity contribution in [1.82, 2.24) is 23.6 Å². The van der Waals surface area contributed by atoms with Crippen molar-refractivity contribution >= 4 is 16.9 Å². The number of piperazine rings is 1. The number of rotatable bonds is 5. The van der Waals surface area contributed by atoms with Crippen molar-refractivity contribution in [2.24, 2.45) is 14.1 Å². The first-order valence-corrected chi connectivity index (χ1v) is 11.7. The summed E-state index contributed by atoms with van der Waals surface area (Å²) in [6.07, 6.45) is 0. The second-order valence-electron chi connectivity index (χ2n) is 9.08. The fourth-order valence-electron chi connectivity index (χ4n) is 4.66. The summed E-state index contributed by atoms with van der Waals surface area (Å²) < 4.78 is 4.63. The molecule has 176 valence electrons. The summed E-state index contributed by atoms with van der Waals surface area (Å²) in [7, 11) is 3.20. The van der Waals surface area contributed by atoms with E-state index in [2.05, 4.69) is 65.3 Å². The summed E-state index contributed by atoms with van der Waals surface area (Å²) >= 11 is 0. The van der Waals surface area contributed by atoms with Crippen LogP contribution in [0.2, 0.25) is 0 Å². The Hall–Kier alpha value is -3.65. The van der Waals surface area contributed by atoms with Crippen molar-refractivity contribution in [3.05, 3.63) is 92.4 Å². The summed E-state index contributed by atoms with van der Waals surface area (Å²) in [5, 5.41) is 0. The molecule has 34 heavy (non-hydrogen) atoms. The fourth-order valence-corrected chi connectivity index (χ4v) is 4.66. The summed E-state index contributed by atoms with van der Waals surface area (Å²) in [6.45, 7) is 6.89. The minimum atomic E-state index is -0.361. The van der Waals surface area contributed by atoms with Crippen LogP contribution < -0.4 is 16.1 Å². The minimum Gasteiger partial charge on any atom is -0.369 e. The van der Waals surface area contributed by atoms with Gasteiger partial charge < -0.3 is 9.47 Å². The molecule has 2 aromatic carbocycles. The minimum absolute atomic E-state index is 0.308. The van der Waals surface area contributed by atoms with Crippen LogP contribution in [0.3, 0.4) is 0 Å². The van der Waals surface area contributed by atoms with Crippen LogP contribution in [0.25, 0.3) is 11.2 Å². The van der Waals surface area contributed by atoms with E-state index < -0.39 is 0 Å². The molecule has 1 aliphatic heterocycles. The maximum atomic E-state index is 13.1. The Morgan fingerprint density at radius 1 is 0.824 bits per heavy atom. The van der Waals surface area contributed by atoms with Gasteiger partial charge in [-0.05, 0) is 24.6 Å². The van der Waals surface area contributed by atoms with Gasteiger partial charge in [0, 0.05) is 52.5 Å². The molecule has 0 spiro atoms. The Bertz CT molecular complexity index is 1420. The molecule has 0 N–H and O–H groups in total. The number of aromatic nitrogens is 4. The first-order chi connectivity index (χ1) is 16.4. The first kappa shape index (κ1) is 22.2. The van der Waals surface area contributed by atoms with E-state index in [-0.39, 0.29) is 11.2 Å². The van der Waals surface area contributed by atoms with Gasteiger partial charge in [0.1, 0.15) is 5.82 Å². The molecule has 0 amide bonds. The Kier molecular flexibility index (Phi) is 5.83. The van der Waals surface area contributed by atoms with Crippen LogP contribution in [0.5, 0.6) is 0 Å². The van der Waals surface area contributed by atoms with Crippen molar-refractivity contribution in [2.45, 2.75) is 20.0 Å². The predicted molar refractivity (Wildman–Crippen MR) is 134 cm³/mol. The number of nitrogens with zero attached hydrogens (tertiary/aromatic N) is 6. The van der Waals surface area contributed by atoms with Crippen molar-refractivity contribution in [2.75, 3.05) is 31.1 Å². The normalized spacial score (nSPS) is 14.7. The maximum Gasteiger partial charge on any atom is 0.332 e. The van der Waals surface area contributed by atoms with E-state index in [1.165, 1.54) is 22.9 Å². The molecule has 4 aromatic rings. The van der Waals surface area contributed by atoms with Crippen LogP contribution >= 0.6 is 0 Å². The van der Waals surface area contributed by atoms with Crippen molar-refractivity contribution in [1.29, 1.82) is 0 Å². The zero-order valence-corrected chi connectivity index (χ0v) is 19.9. The summed E-state index contributed by atoms with van der Waals surface area (Å²) in [5.74, 6) is 0.807. The molecular formula is C26H30N6O2. The van der Waals surface area contributed by atoms with Gasteiger partial charge in [0.15, 0.2) is 11.2 Å². The number of fused-ring (bicyclic) bond motifs is 1. The van der Waals surface area contributed by atoms with Crippen LogP contribution in [0.15, 0.2) is 64.2 Å². The van der Waals surface area contributed by atoms with Gasteiger partial charge in [-0.1, -0.05) is 48.0 Å². The number of benzene rings is 2. The van der Waals surface area contributed by atoms with E-state index in [9.17, 15) is 9.59 Å². The highest BCUT2D eigenvalue weighted by Gasteiger charge is 2.23. The van der Waals surface area contributed by atoms with Crippen molar-refractivity contribution in [3.8, 4) is 0 Å². The van der Waals surface area contributed by atoms with Gasteiger partial charge in [0.05, 0.1) is 6.54 Å². The van der Waals surface area contributed by atoms with Gasteiger partial charge in [0.2, 0.25) is 0 Å². The third-order valence-electron chi connectivity index (χ3n) is 6.75. The zero-order chi connectivity index (χ0) is 23.8. The molecular weight excluding hydrogens is 428 g/mol. The highest BCUT2D eigenvalue weighted by Crippen LogP contribution is 2.19. The molecule has 3 heterocycles. The molecule has 8 heteroatoms. The molecule has 1 fully saturated rings. The molecule has 8 nitrogen and oxygen atoms in total. The van der Waals surface area contributed by atoms with E-state index >= 15 is 0 Å². The number of para-hydroxylation sites is 1. The van der Waals surface area contributed by atoms with E-state index in [0.717, 1.165) is 42.1 Å². The van der Waals surface area contributed by atoms with Crippen molar-refractivity contribution in [3.63, 3.8) is 0 Å². The Balaban J connectivity index is 1.48. The SMILES string of the molecule is Cc1ccc(Cn2c(CN3CCN(c4ccccc4)CC3)nc3c2c(=O)n(C)c(=O)n3C)cc1. The largest absolute Gasteiger partial charge is 0.369 e. The average molecular weight is 459 g/mol. The fraction of sp³-hybridized carbons (Fsp3) is 0.346. The molecule has 5 rings (SSSR count). The standard InChI is InChI=1S/C26H30N6O2/c1-19-9-11-20(12-10-19)17-32-22(27-24-23(32)25(33)29(3)26(34)28(24)2)18-30-13-15-31(16-14-30)21-7-5-4-6-8-21/h4-12H,13-18H2,1-3H3. The van der Waals surface area contributed by atoms with Gasteiger partial charge >= 0.3 is 5.69 Å². The quantitative estimate of drug-likeness (QED) is 0.458. The number of hydrogen-bond acceptors (Lipinski definition) is 5. The first-order valence-electron chi connectivity index (χ1n) is 11.7. The summed E-state index contributed by atoms with van der Waals surface area (Å²) in [6, 6.07) is 18.8. The molecule has 0 aliphatic carbocycles. The van der Waals surface area contributed by atoms with Gasteiger partial charge in [-0.25, -0.2) is 9.78 Å². The predicted octanol–water partition coefficient (Wildman–Crippen LogP) is 2.11.